The van der Waals surface area contributed by atoms with Crippen molar-refractivity contribution < 1.29 is 12.8 Å². The van der Waals surface area contributed by atoms with E-state index in [-0.39, 0.29) is 10.8 Å². The number of aromatic nitrogens is 2. The van der Waals surface area contributed by atoms with Crippen LogP contribution in [0.2, 0.25) is 5.02 Å². The first kappa shape index (κ1) is 16.5. The summed E-state index contributed by atoms with van der Waals surface area (Å²) >= 11 is 6.03. The van der Waals surface area contributed by atoms with Crippen LogP contribution >= 0.6 is 11.6 Å². The molecule has 6 nitrogen and oxygen atoms in total. The Labute approximate surface area is 144 Å². The SMILES string of the molecule is Cc1nnc(-c2ccccc2NS(=O)(=O)c2ccc(C)c(Cl)c2)o1. The summed E-state index contributed by atoms with van der Waals surface area (Å²) in [5.74, 6) is 0.640. The zero-order valence-corrected chi connectivity index (χ0v) is 14.5. The number of nitrogens with one attached hydrogen (secondary N) is 1. The van der Waals surface area contributed by atoms with Crippen LogP contribution in [0.25, 0.3) is 11.5 Å². The van der Waals surface area contributed by atoms with Crippen LogP contribution in [-0.4, -0.2) is 18.6 Å². The van der Waals surface area contributed by atoms with E-state index >= 15 is 0 Å². The number of aryl methyl sites for hydroxylation is 2. The molecule has 1 N–H and O–H groups in total. The summed E-state index contributed by atoms with van der Waals surface area (Å²) in [6.45, 7) is 3.47. The van der Waals surface area contributed by atoms with E-state index in [1.165, 1.54) is 12.1 Å². The maximum absolute atomic E-state index is 12.6. The predicted molar refractivity (Wildman–Crippen MR) is 91.5 cm³/mol. The Hall–Kier alpha value is -2.38. The number of rotatable bonds is 4. The van der Waals surface area contributed by atoms with Gasteiger partial charge in [-0.1, -0.05) is 29.8 Å². The fourth-order valence-corrected chi connectivity index (χ4v) is 3.46. The molecular formula is C16H14ClN3O3S. The zero-order chi connectivity index (χ0) is 17.3. The molecule has 3 rings (SSSR count). The van der Waals surface area contributed by atoms with Gasteiger partial charge in [0.05, 0.1) is 16.1 Å². The molecule has 24 heavy (non-hydrogen) atoms. The van der Waals surface area contributed by atoms with Gasteiger partial charge in [0.2, 0.25) is 11.8 Å². The van der Waals surface area contributed by atoms with Gasteiger partial charge in [-0.2, -0.15) is 0 Å². The molecular weight excluding hydrogens is 350 g/mol. The van der Waals surface area contributed by atoms with Crippen LogP contribution in [-0.2, 0) is 10.0 Å². The summed E-state index contributed by atoms with van der Waals surface area (Å²) < 4.78 is 33.2. The Bertz CT molecular complexity index is 999. The number of benzene rings is 2. The van der Waals surface area contributed by atoms with Gasteiger partial charge in [0, 0.05) is 11.9 Å². The standard InChI is InChI=1S/C16H14ClN3O3S/c1-10-7-8-12(9-14(10)17)24(21,22)20-15-6-4-3-5-13(15)16-19-18-11(2)23-16/h3-9,20H,1-2H3. The van der Waals surface area contributed by atoms with Crippen molar-refractivity contribution in [2.45, 2.75) is 18.7 Å². The number of sulfonamides is 1. The summed E-state index contributed by atoms with van der Waals surface area (Å²) in [5.41, 5.74) is 1.65. The first-order valence-electron chi connectivity index (χ1n) is 7.05. The van der Waals surface area contributed by atoms with Crippen molar-refractivity contribution in [1.82, 2.24) is 10.2 Å². The van der Waals surface area contributed by atoms with E-state index in [9.17, 15) is 8.42 Å². The first-order chi connectivity index (χ1) is 11.4. The van der Waals surface area contributed by atoms with Crippen LogP contribution in [0.3, 0.4) is 0 Å². The molecule has 0 aliphatic rings. The highest BCUT2D eigenvalue weighted by atomic mass is 35.5. The maximum Gasteiger partial charge on any atom is 0.261 e. The summed E-state index contributed by atoms with van der Waals surface area (Å²) in [6.07, 6.45) is 0. The van der Waals surface area contributed by atoms with Crippen molar-refractivity contribution in [3.8, 4) is 11.5 Å². The molecule has 0 atom stereocenters. The van der Waals surface area contributed by atoms with Gasteiger partial charge >= 0.3 is 0 Å². The molecule has 0 radical (unpaired) electrons. The third-order valence-corrected chi connectivity index (χ3v) is 5.15. The third kappa shape index (κ3) is 3.27. The Balaban J connectivity index is 2.00. The molecule has 124 valence electrons. The number of hydrogen-bond acceptors (Lipinski definition) is 5. The Morgan fingerprint density at radius 3 is 2.50 bits per heavy atom. The average Bonchev–Trinajstić information content (AvgIpc) is 2.96. The average molecular weight is 364 g/mol. The van der Waals surface area contributed by atoms with Crippen LogP contribution in [0, 0.1) is 13.8 Å². The highest BCUT2D eigenvalue weighted by molar-refractivity contribution is 7.92. The van der Waals surface area contributed by atoms with E-state index < -0.39 is 10.0 Å². The number of para-hydroxylation sites is 1. The smallest absolute Gasteiger partial charge is 0.261 e. The second-order valence-corrected chi connectivity index (χ2v) is 7.28. The van der Waals surface area contributed by atoms with Crippen molar-refractivity contribution in [2.24, 2.45) is 0 Å². The minimum absolute atomic E-state index is 0.0783. The van der Waals surface area contributed by atoms with Gasteiger partial charge in [-0.05, 0) is 36.8 Å². The molecule has 0 bridgehead atoms. The molecule has 0 saturated carbocycles. The maximum atomic E-state index is 12.6. The number of halogens is 1. The monoisotopic (exact) mass is 363 g/mol. The zero-order valence-electron chi connectivity index (χ0n) is 12.9. The molecule has 0 unspecified atom stereocenters. The van der Waals surface area contributed by atoms with Gasteiger partial charge in [0.15, 0.2) is 0 Å². The largest absolute Gasteiger partial charge is 0.421 e. The van der Waals surface area contributed by atoms with Gasteiger partial charge in [-0.15, -0.1) is 10.2 Å². The molecule has 1 heterocycles. The van der Waals surface area contributed by atoms with Gasteiger partial charge in [-0.25, -0.2) is 8.42 Å². The van der Waals surface area contributed by atoms with Crippen LogP contribution in [0.1, 0.15) is 11.5 Å². The molecule has 0 spiro atoms. The summed E-state index contributed by atoms with van der Waals surface area (Å²) in [6, 6.07) is 11.4. The Morgan fingerprint density at radius 1 is 1.08 bits per heavy atom. The van der Waals surface area contributed by atoms with Crippen molar-refractivity contribution in [2.75, 3.05) is 4.72 Å². The van der Waals surface area contributed by atoms with E-state index in [0.717, 1.165) is 5.56 Å². The lowest BCUT2D eigenvalue weighted by molar-refractivity contribution is 0.533. The predicted octanol–water partition coefficient (Wildman–Crippen LogP) is 3.81. The molecule has 8 heteroatoms. The molecule has 0 aliphatic heterocycles. The second-order valence-electron chi connectivity index (χ2n) is 5.19. The lowest BCUT2D eigenvalue weighted by atomic mass is 10.2. The van der Waals surface area contributed by atoms with Gasteiger partial charge in [0.1, 0.15) is 0 Å². The van der Waals surface area contributed by atoms with E-state index in [2.05, 4.69) is 14.9 Å². The number of hydrogen-bond donors (Lipinski definition) is 1. The van der Waals surface area contributed by atoms with Crippen molar-refractivity contribution in [3.63, 3.8) is 0 Å². The topological polar surface area (TPSA) is 85.1 Å². The van der Waals surface area contributed by atoms with Crippen LogP contribution in [0.5, 0.6) is 0 Å². The van der Waals surface area contributed by atoms with Gasteiger partial charge in [0.25, 0.3) is 10.0 Å². The molecule has 2 aromatic carbocycles. The highest BCUT2D eigenvalue weighted by Crippen LogP contribution is 2.29. The second kappa shape index (κ2) is 6.26. The Morgan fingerprint density at radius 2 is 1.83 bits per heavy atom. The van der Waals surface area contributed by atoms with Gasteiger partial charge < -0.3 is 4.42 Å². The molecule has 0 saturated heterocycles. The number of nitrogens with zero attached hydrogens (tertiary/aromatic N) is 2. The van der Waals surface area contributed by atoms with Crippen molar-refractivity contribution in [3.05, 3.63) is 58.9 Å². The molecule has 3 aromatic rings. The van der Waals surface area contributed by atoms with E-state index in [4.69, 9.17) is 16.0 Å². The molecule has 1 aromatic heterocycles. The summed E-state index contributed by atoms with van der Waals surface area (Å²) in [7, 11) is -3.80. The lowest BCUT2D eigenvalue weighted by Crippen LogP contribution is -2.13. The quantitative estimate of drug-likeness (QED) is 0.761. The Kier molecular flexibility index (Phi) is 4.29. The molecule has 0 aliphatic carbocycles. The summed E-state index contributed by atoms with van der Waals surface area (Å²) in [5, 5.41) is 8.09. The van der Waals surface area contributed by atoms with E-state index in [1.54, 1.807) is 44.2 Å². The minimum atomic E-state index is -3.80. The number of anilines is 1. The molecule has 0 fully saturated rings. The van der Waals surface area contributed by atoms with E-state index in [1.807, 2.05) is 0 Å². The molecule has 0 amide bonds. The minimum Gasteiger partial charge on any atom is -0.421 e. The van der Waals surface area contributed by atoms with Crippen LogP contribution in [0.15, 0.2) is 51.8 Å². The fourth-order valence-electron chi connectivity index (χ4n) is 2.11. The van der Waals surface area contributed by atoms with Crippen molar-refractivity contribution in [1.29, 1.82) is 0 Å². The van der Waals surface area contributed by atoms with Crippen molar-refractivity contribution >= 4 is 27.3 Å². The normalized spacial score (nSPS) is 11.5. The van der Waals surface area contributed by atoms with E-state index in [0.29, 0.717) is 22.2 Å². The van der Waals surface area contributed by atoms with Gasteiger partial charge in [-0.3, -0.25) is 4.72 Å². The van der Waals surface area contributed by atoms with Crippen LogP contribution < -0.4 is 4.72 Å². The summed E-state index contributed by atoms with van der Waals surface area (Å²) in [4.78, 5) is 0.0783. The first-order valence-corrected chi connectivity index (χ1v) is 8.91. The lowest BCUT2D eigenvalue weighted by Gasteiger charge is -2.11. The third-order valence-electron chi connectivity index (χ3n) is 3.38. The fraction of sp³-hybridized carbons (Fsp3) is 0.125. The van der Waals surface area contributed by atoms with Crippen LogP contribution in [0.4, 0.5) is 5.69 Å². The highest BCUT2D eigenvalue weighted by Gasteiger charge is 2.19.